The highest BCUT2D eigenvalue weighted by atomic mass is 16.4. The Kier molecular flexibility index (Phi) is 6.01. The first-order chi connectivity index (χ1) is 7.73. The van der Waals surface area contributed by atoms with E-state index in [4.69, 9.17) is 10.8 Å². The van der Waals surface area contributed by atoms with E-state index >= 15 is 0 Å². The van der Waals surface area contributed by atoms with Crippen molar-refractivity contribution in [3.05, 3.63) is 0 Å². The van der Waals surface area contributed by atoms with Crippen LogP contribution in [0.5, 0.6) is 0 Å². The first-order valence-electron chi connectivity index (χ1n) is 5.29. The van der Waals surface area contributed by atoms with Crippen molar-refractivity contribution < 1.29 is 19.5 Å². The van der Waals surface area contributed by atoms with Gasteiger partial charge in [-0.1, -0.05) is 0 Å². The van der Waals surface area contributed by atoms with E-state index in [1.807, 2.05) is 0 Å². The second-order valence-corrected chi connectivity index (χ2v) is 4.37. The van der Waals surface area contributed by atoms with Gasteiger partial charge in [0, 0.05) is 24.9 Å². The molecule has 0 heterocycles. The second kappa shape index (κ2) is 6.72. The highest BCUT2D eigenvalue weighted by molar-refractivity contribution is 5.77. The Morgan fingerprint density at radius 2 is 1.82 bits per heavy atom. The van der Waals surface area contributed by atoms with E-state index in [-0.39, 0.29) is 19.4 Å². The van der Waals surface area contributed by atoms with E-state index < -0.39 is 23.4 Å². The summed E-state index contributed by atoms with van der Waals surface area (Å²) in [5.74, 6) is -1.40. The molecule has 7 nitrogen and oxygen atoms in total. The molecular formula is C10H19N3O4. The van der Waals surface area contributed by atoms with Crippen LogP contribution in [0.4, 0.5) is 4.79 Å². The number of amides is 3. The van der Waals surface area contributed by atoms with Gasteiger partial charge in [0.2, 0.25) is 5.91 Å². The van der Waals surface area contributed by atoms with E-state index in [9.17, 15) is 14.4 Å². The van der Waals surface area contributed by atoms with Crippen LogP contribution < -0.4 is 16.4 Å². The lowest BCUT2D eigenvalue weighted by Gasteiger charge is -2.25. The number of carboxylic acid groups (broad SMARTS) is 1. The van der Waals surface area contributed by atoms with Gasteiger partial charge in [-0.25, -0.2) is 4.79 Å². The maximum Gasteiger partial charge on any atom is 0.315 e. The first kappa shape index (κ1) is 15.2. The van der Waals surface area contributed by atoms with Crippen molar-refractivity contribution in [2.24, 2.45) is 5.73 Å². The summed E-state index contributed by atoms with van der Waals surface area (Å²) in [5, 5.41) is 13.6. The summed E-state index contributed by atoms with van der Waals surface area (Å²) in [7, 11) is 0. The molecule has 0 radical (unpaired) electrons. The molecule has 0 aromatic heterocycles. The fraction of sp³-hybridized carbons (Fsp3) is 0.700. The zero-order valence-electron chi connectivity index (χ0n) is 10.1. The number of carbonyl (C=O) groups is 3. The Morgan fingerprint density at radius 1 is 1.24 bits per heavy atom. The predicted molar refractivity (Wildman–Crippen MR) is 61.3 cm³/mol. The maximum absolute atomic E-state index is 11.4. The molecule has 17 heavy (non-hydrogen) atoms. The van der Waals surface area contributed by atoms with Gasteiger partial charge in [0.15, 0.2) is 0 Å². The molecule has 98 valence electrons. The van der Waals surface area contributed by atoms with E-state index in [0.29, 0.717) is 6.42 Å². The molecule has 5 N–H and O–H groups in total. The molecule has 0 unspecified atom stereocenters. The predicted octanol–water partition coefficient (Wildman–Crippen LogP) is -0.196. The van der Waals surface area contributed by atoms with Crippen molar-refractivity contribution in [1.82, 2.24) is 10.6 Å². The maximum atomic E-state index is 11.4. The van der Waals surface area contributed by atoms with Crippen LogP contribution in [0, 0.1) is 0 Å². The minimum absolute atomic E-state index is 0.0193. The highest BCUT2D eigenvalue weighted by Crippen LogP contribution is 2.10. The topological polar surface area (TPSA) is 122 Å². The number of carboxylic acids is 1. The first-order valence-corrected chi connectivity index (χ1v) is 5.29. The van der Waals surface area contributed by atoms with Crippen LogP contribution in [-0.4, -0.2) is 35.1 Å². The number of carbonyl (C=O) groups excluding carboxylic acids is 2. The number of nitrogens with one attached hydrogen (secondary N) is 2. The number of rotatable bonds is 7. The molecule has 7 heteroatoms. The zero-order chi connectivity index (χ0) is 13.5. The van der Waals surface area contributed by atoms with Crippen molar-refractivity contribution in [2.45, 2.75) is 38.6 Å². The van der Waals surface area contributed by atoms with Crippen LogP contribution >= 0.6 is 0 Å². The molecule has 0 aliphatic carbocycles. The number of primary amides is 1. The van der Waals surface area contributed by atoms with Gasteiger partial charge in [0.05, 0.1) is 0 Å². The smallest absolute Gasteiger partial charge is 0.315 e. The number of aliphatic carboxylic acids is 1. The standard InChI is InChI=1S/C10H19N3O4/c1-10(2,5-3-8(15)16)13-9(17)12-6-4-7(11)14/h3-6H2,1-2H3,(H2,11,14)(H,15,16)(H2,12,13,17). The summed E-state index contributed by atoms with van der Waals surface area (Å²) in [4.78, 5) is 32.2. The Balaban J connectivity index is 3.91. The van der Waals surface area contributed by atoms with Gasteiger partial charge in [-0.3, -0.25) is 9.59 Å². The van der Waals surface area contributed by atoms with Gasteiger partial charge >= 0.3 is 12.0 Å². The van der Waals surface area contributed by atoms with Crippen molar-refractivity contribution in [3.63, 3.8) is 0 Å². The average Bonchev–Trinajstić information content (AvgIpc) is 2.13. The van der Waals surface area contributed by atoms with Gasteiger partial charge < -0.3 is 21.5 Å². The SMILES string of the molecule is CC(C)(CCC(=O)O)NC(=O)NCCC(N)=O. The zero-order valence-corrected chi connectivity index (χ0v) is 10.1. The van der Waals surface area contributed by atoms with Crippen LogP contribution in [0.3, 0.4) is 0 Å². The van der Waals surface area contributed by atoms with Crippen LogP contribution in [0.1, 0.15) is 33.1 Å². The van der Waals surface area contributed by atoms with Crippen LogP contribution in [-0.2, 0) is 9.59 Å². The van der Waals surface area contributed by atoms with Crippen molar-refractivity contribution >= 4 is 17.9 Å². The summed E-state index contributed by atoms with van der Waals surface area (Å²) in [6.07, 6.45) is 0.378. The van der Waals surface area contributed by atoms with Gasteiger partial charge in [0.25, 0.3) is 0 Å². The van der Waals surface area contributed by atoms with Gasteiger partial charge in [-0.15, -0.1) is 0 Å². The lowest BCUT2D eigenvalue weighted by Crippen LogP contribution is -2.49. The Morgan fingerprint density at radius 3 is 2.29 bits per heavy atom. The Hall–Kier alpha value is -1.79. The van der Waals surface area contributed by atoms with Crippen LogP contribution in [0.25, 0.3) is 0 Å². The molecule has 0 saturated carbocycles. The normalized spacial score (nSPS) is 10.7. The second-order valence-electron chi connectivity index (χ2n) is 4.37. The van der Waals surface area contributed by atoms with E-state index in [1.165, 1.54) is 0 Å². The van der Waals surface area contributed by atoms with E-state index in [0.717, 1.165) is 0 Å². The molecule has 0 atom stereocenters. The molecule has 3 amide bonds. The summed E-state index contributed by atoms with van der Waals surface area (Å²) in [6, 6.07) is -0.443. The number of hydrogen-bond donors (Lipinski definition) is 4. The van der Waals surface area contributed by atoms with E-state index in [2.05, 4.69) is 10.6 Å². The Labute approximate surface area is 99.7 Å². The van der Waals surface area contributed by atoms with Gasteiger partial charge in [-0.05, 0) is 20.3 Å². The molecule has 0 bridgehead atoms. The molecule has 0 saturated heterocycles. The summed E-state index contributed by atoms with van der Waals surface area (Å²) in [6.45, 7) is 3.61. The third-order valence-electron chi connectivity index (χ3n) is 2.07. The van der Waals surface area contributed by atoms with Gasteiger partial charge in [0.1, 0.15) is 0 Å². The minimum Gasteiger partial charge on any atom is -0.481 e. The molecular weight excluding hydrogens is 226 g/mol. The molecule has 0 aliphatic heterocycles. The summed E-state index contributed by atoms with van der Waals surface area (Å²) < 4.78 is 0. The van der Waals surface area contributed by atoms with E-state index in [1.54, 1.807) is 13.8 Å². The summed E-state index contributed by atoms with van der Waals surface area (Å²) in [5.41, 5.74) is 4.30. The van der Waals surface area contributed by atoms with Crippen LogP contribution in [0.2, 0.25) is 0 Å². The number of urea groups is 1. The number of nitrogens with two attached hydrogens (primary N) is 1. The average molecular weight is 245 g/mol. The lowest BCUT2D eigenvalue weighted by molar-refractivity contribution is -0.137. The molecule has 0 aliphatic rings. The third-order valence-corrected chi connectivity index (χ3v) is 2.07. The molecule has 0 fully saturated rings. The minimum atomic E-state index is -0.908. The number of hydrogen-bond acceptors (Lipinski definition) is 3. The summed E-state index contributed by atoms with van der Waals surface area (Å²) >= 11 is 0. The van der Waals surface area contributed by atoms with Crippen molar-refractivity contribution in [1.29, 1.82) is 0 Å². The molecule has 0 spiro atoms. The van der Waals surface area contributed by atoms with Crippen LogP contribution in [0.15, 0.2) is 0 Å². The Bertz CT molecular complexity index is 302. The molecule has 0 rings (SSSR count). The fourth-order valence-electron chi connectivity index (χ4n) is 1.13. The third kappa shape index (κ3) is 9.16. The monoisotopic (exact) mass is 245 g/mol. The molecule has 0 aromatic carbocycles. The van der Waals surface area contributed by atoms with Crippen molar-refractivity contribution in [2.75, 3.05) is 6.54 Å². The van der Waals surface area contributed by atoms with Gasteiger partial charge in [-0.2, -0.15) is 0 Å². The fourth-order valence-corrected chi connectivity index (χ4v) is 1.13. The molecule has 0 aromatic rings. The lowest BCUT2D eigenvalue weighted by atomic mass is 9.99. The quantitative estimate of drug-likeness (QED) is 0.496. The largest absolute Gasteiger partial charge is 0.481 e. The van der Waals surface area contributed by atoms with Crippen molar-refractivity contribution in [3.8, 4) is 0 Å². The highest BCUT2D eigenvalue weighted by Gasteiger charge is 2.21.